The van der Waals surface area contributed by atoms with Crippen molar-refractivity contribution >= 4 is 17.5 Å². The molecule has 1 unspecified atom stereocenters. The molecule has 1 saturated heterocycles. The smallest absolute Gasteiger partial charge is 0.398 e. The minimum Gasteiger partial charge on any atom is -0.398 e. The van der Waals surface area contributed by atoms with Gasteiger partial charge in [0.1, 0.15) is 11.9 Å². The number of likely N-dealkylation sites (tertiary alicyclic amines) is 1. The fraction of sp³-hybridized carbons (Fsp3) is 0.440. The Kier molecular flexibility index (Phi) is 6.55. The molecule has 4 rings (SSSR count). The van der Waals surface area contributed by atoms with E-state index in [4.69, 9.17) is 5.73 Å². The van der Waals surface area contributed by atoms with E-state index in [1.54, 1.807) is 24.3 Å². The van der Waals surface area contributed by atoms with Crippen LogP contribution in [0.3, 0.4) is 0 Å². The lowest BCUT2D eigenvalue weighted by Gasteiger charge is -2.27. The van der Waals surface area contributed by atoms with E-state index >= 15 is 0 Å². The number of hydrogen-bond donors (Lipinski definition) is 2. The number of carbonyl (C=O) groups excluding carboxylic acids is 2. The molecule has 2 aromatic rings. The second-order valence-corrected chi connectivity index (χ2v) is 9.13. The molecule has 2 aliphatic rings. The Morgan fingerprint density at radius 2 is 1.88 bits per heavy atom. The summed E-state index contributed by atoms with van der Waals surface area (Å²) in [5, 5.41) is 2.85. The molecule has 1 aliphatic carbocycles. The van der Waals surface area contributed by atoms with E-state index in [-0.39, 0.29) is 23.3 Å². The van der Waals surface area contributed by atoms with Crippen LogP contribution in [0.4, 0.5) is 23.2 Å². The fourth-order valence-corrected chi connectivity index (χ4v) is 4.62. The summed E-state index contributed by atoms with van der Waals surface area (Å²) in [6.07, 6.45) is -1.96. The predicted octanol–water partition coefficient (Wildman–Crippen LogP) is 4.93. The average molecular weight is 478 g/mol. The number of amides is 2. The molecule has 34 heavy (non-hydrogen) atoms. The van der Waals surface area contributed by atoms with E-state index in [0.29, 0.717) is 30.3 Å². The quantitative estimate of drug-likeness (QED) is 0.457. The van der Waals surface area contributed by atoms with Gasteiger partial charge < -0.3 is 16.0 Å². The van der Waals surface area contributed by atoms with E-state index in [0.717, 1.165) is 31.4 Å². The summed E-state index contributed by atoms with van der Waals surface area (Å²) >= 11 is 0. The average Bonchev–Trinajstić information content (AvgIpc) is 3.54. The number of nitrogens with zero attached hydrogens (tertiary/aromatic N) is 1. The third-order valence-electron chi connectivity index (χ3n) is 6.77. The highest BCUT2D eigenvalue weighted by Crippen LogP contribution is 2.43. The number of para-hydroxylation sites is 1. The van der Waals surface area contributed by atoms with E-state index in [1.165, 1.54) is 4.90 Å². The van der Waals surface area contributed by atoms with Gasteiger partial charge in [0, 0.05) is 17.8 Å². The van der Waals surface area contributed by atoms with Gasteiger partial charge in [-0.15, -0.1) is 0 Å². The van der Waals surface area contributed by atoms with Gasteiger partial charge in [-0.2, -0.15) is 13.2 Å². The Balaban J connectivity index is 1.57. The molecular weight excluding hydrogens is 450 g/mol. The fourth-order valence-electron chi connectivity index (χ4n) is 4.62. The molecule has 0 spiro atoms. The van der Waals surface area contributed by atoms with E-state index < -0.39 is 35.5 Å². The van der Waals surface area contributed by atoms with Crippen molar-refractivity contribution in [2.24, 2.45) is 11.8 Å². The molecular formula is C25H27F4N3O2. The number of carbonyl (C=O) groups is 2. The van der Waals surface area contributed by atoms with Crippen molar-refractivity contribution in [2.75, 3.05) is 12.3 Å². The van der Waals surface area contributed by atoms with Crippen LogP contribution < -0.4 is 11.1 Å². The molecule has 3 N–H and O–H groups in total. The summed E-state index contributed by atoms with van der Waals surface area (Å²) in [6, 6.07) is 7.51. The molecule has 1 heterocycles. The minimum absolute atomic E-state index is 0.0269. The first-order chi connectivity index (χ1) is 16.1. The van der Waals surface area contributed by atoms with Crippen LogP contribution in [-0.2, 0) is 11.0 Å². The number of rotatable bonds is 6. The number of halogens is 4. The van der Waals surface area contributed by atoms with Gasteiger partial charge in [0.15, 0.2) is 0 Å². The summed E-state index contributed by atoms with van der Waals surface area (Å²) in [5.74, 6) is -1.73. The first-order valence-electron chi connectivity index (χ1n) is 11.4. The molecule has 0 aromatic heterocycles. The van der Waals surface area contributed by atoms with Crippen LogP contribution in [0.2, 0.25) is 0 Å². The van der Waals surface area contributed by atoms with Crippen LogP contribution in [0, 0.1) is 17.7 Å². The maximum absolute atomic E-state index is 14.7. The molecule has 182 valence electrons. The number of alkyl halides is 3. The van der Waals surface area contributed by atoms with Crippen molar-refractivity contribution in [3.8, 4) is 0 Å². The number of anilines is 1. The highest BCUT2D eigenvalue weighted by molar-refractivity contribution is 6.01. The number of benzene rings is 2. The topological polar surface area (TPSA) is 75.4 Å². The van der Waals surface area contributed by atoms with E-state index in [1.807, 2.05) is 6.92 Å². The molecule has 9 heteroatoms. The van der Waals surface area contributed by atoms with Crippen LogP contribution in [0.5, 0.6) is 0 Å². The molecule has 2 amide bonds. The summed E-state index contributed by atoms with van der Waals surface area (Å²) in [4.78, 5) is 28.1. The van der Waals surface area contributed by atoms with Gasteiger partial charge in [0.2, 0.25) is 5.91 Å². The number of hydrogen-bond acceptors (Lipinski definition) is 3. The van der Waals surface area contributed by atoms with Gasteiger partial charge in [-0.3, -0.25) is 9.59 Å². The normalized spacial score (nSPS) is 21.4. The number of nitrogen functional groups attached to an aromatic ring is 1. The monoisotopic (exact) mass is 477 g/mol. The van der Waals surface area contributed by atoms with Crippen LogP contribution >= 0.6 is 0 Å². The lowest BCUT2D eigenvalue weighted by molar-refractivity contribution is -0.137. The van der Waals surface area contributed by atoms with Gasteiger partial charge in [-0.25, -0.2) is 4.39 Å². The van der Waals surface area contributed by atoms with Crippen molar-refractivity contribution in [1.82, 2.24) is 10.2 Å². The molecule has 1 aliphatic heterocycles. The Labute approximate surface area is 195 Å². The van der Waals surface area contributed by atoms with Gasteiger partial charge >= 0.3 is 6.18 Å². The summed E-state index contributed by atoms with van der Waals surface area (Å²) in [5.41, 5.74) is 5.55. The van der Waals surface area contributed by atoms with Crippen LogP contribution in [0.25, 0.3) is 0 Å². The van der Waals surface area contributed by atoms with Crippen LogP contribution in [-0.4, -0.2) is 29.3 Å². The highest BCUT2D eigenvalue weighted by Gasteiger charge is 2.43. The largest absolute Gasteiger partial charge is 0.416 e. The Morgan fingerprint density at radius 3 is 2.47 bits per heavy atom. The maximum Gasteiger partial charge on any atom is 0.416 e. The lowest BCUT2D eigenvalue weighted by atomic mass is 9.98. The SMILES string of the molecule is CC[C@@H]1C[C@H](C(=O)NC(c2ccc(C(F)(F)F)cc2F)C2CC2)N(C(=O)c2ccccc2N)C1. The Hall–Kier alpha value is -3.10. The highest BCUT2D eigenvalue weighted by atomic mass is 19.4. The second-order valence-electron chi connectivity index (χ2n) is 9.13. The molecule has 3 atom stereocenters. The van der Waals surface area contributed by atoms with Crippen molar-refractivity contribution in [1.29, 1.82) is 0 Å². The molecule has 1 saturated carbocycles. The van der Waals surface area contributed by atoms with Gasteiger partial charge in [-0.1, -0.05) is 31.5 Å². The van der Waals surface area contributed by atoms with E-state index in [2.05, 4.69) is 5.32 Å². The van der Waals surface area contributed by atoms with Crippen molar-refractivity contribution in [2.45, 2.75) is 50.9 Å². The first kappa shape index (κ1) is 24.0. The van der Waals surface area contributed by atoms with Crippen LogP contribution in [0.1, 0.15) is 60.1 Å². The van der Waals surface area contributed by atoms with E-state index in [9.17, 15) is 27.2 Å². The zero-order valence-corrected chi connectivity index (χ0v) is 18.7. The molecule has 0 bridgehead atoms. The van der Waals surface area contributed by atoms with Crippen molar-refractivity contribution in [3.63, 3.8) is 0 Å². The molecule has 2 aromatic carbocycles. The van der Waals surface area contributed by atoms with Crippen molar-refractivity contribution in [3.05, 3.63) is 65.0 Å². The minimum atomic E-state index is -4.66. The van der Waals surface area contributed by atoms with Gasteiger partial charge in [0.05, 0.1) is 17.2 Å². The second kappa shape index (κ2) is 9.27. The number of nitrogens with one attached hydrogen (secondary N) is 1. The first-order valence-corrected chi connectivity index (χ1v) is 11.4. The van der Waals surface area contributed by atoms with Gasteiger partial charge in [0.25, 0.3) is 5.91 Å². The summed E-state index contributed by atoms with van der Waals surface area (Å²) in [6.45, 7) is 2.37. The maximum atomic E-state index is 14.7. The lowest BCUT2D eigenvalue weighted by Crippen LogP contribution is -2.47. The Morgan fingerprint density at radius 1 is 1.18 bits per heavy atom. The molecule has 2 fully saturated rings. The standard InChI is InChI=1S/C25H27F4N3O2/c1-2-14-11-21(32(13-14)24(34)18-5-3-4-6-20(18)30)23(33)31-22(15-7-8-15)17-10-9-16(12-19(17)26)25(27,28)29/h3-6,9-10,12,14-15,21-22H,2,7-8,11,13,30H2,1H3,(H,31,33)/t14-,21-,22?/m1/s1. The zero-order valence-electron chi connectivity index (χ0n) is 18.7. The zero-order chi connectivity index (χ0) is 24.6. The predicted molar refractivity (Wildman–Crippen MR) is 119 cm³/mol. The van der Waals surface area contributed by atoms with Crippen molar-refractivity contribution < 1.29 is 27.2 Å². The third kappa shape index (κ3) is 4.88. The molecule has 5 nitrogen and oxygen atoms in total. The summed E-state index contributed by atoms with van der Waals surface area (Å²) < 4.78 is 53.6. The summed E-state index contributed by atoms with van der Waals surface area (Å²) in [7, 11) is 0. The number of nitrogens with two attached hydrogens (primary N) is 1. The third-order valence-corrected chi connectivity index (χ3v) is 6.77. The molecule has 0 radical (unpaired) electrons. The van der Waals surface area contributed by atoms with Crippen LogP contribution in [0.15, 0.2) is 42.5 Å². The van der Waals surface area contributed by atoms with Gasteiger partial charge in [-0.05, 0) is 55.4 Å². The Bertz CT molecular complexity index is 1080.